The monoisotopic (exact) mass is 246 g/mol. The second-order valence-corrected chi connectivity index (χ2v) is 2.93. The number of carboxylic acids is 1. The number of nitrogens with one attached hydrogen (secondary N) is 2. The quantitative estimate of drug-likeness (QED) is 0.362. The molecule has 0 spiro atoms. The molecule has 96 valence electrons. The van der Waals surface area contributed by atoms with Gasteiger partial charge in [-0.25, -0.2) is 0 Å². The molecule has 0 bridgehead atoms. The number of carboxylic acid groups (broad SMARTS) is 1. The van der Waals surface area contributed by atoms with Crippen LogP contribution in [-0.2, 0) is 23.9 Å². The van der Waals surface area contributed by atoms with Crippen molar-refractivity contribution < 1.29 is 29.0 Å². The molecule has 0 aliphatic carbocycles. The van der Waals surface area contributed by atoms with E-state index in [1.165, 1.54) is 0 Å². The second-order valence-electron chi connectivity index (χ2n) is 2.93. The normalized spacial score (nSPS) is 9.24. The first kappa shape index (κ1) is 14.9. The van der Waals surface area contributed by atoms with Crippen molar-refractivity contribution in [2.24, 2.45) is 0 Å². The Morgan fingerprint density at radius 1 is 1.06 bits per heavy atom. The van der Waals surface area contributed by atoms with Gasteiger partial charge in [0, 0.05) is 0 Å². The first-order valence-electron chi connectivity index (χ1n) is 4.86. The van der Waals surface area contributed by atoms with Crippen LogP contribution in [0.4, 0.5) is 0 Å². The maximum atomic E-state index is 11.1. The van der Waals surface area contributed by atoms with E-state index in [0.717, 1.165) is 0 Å². The lowest BCUT2D eigenvalue weighted by atomic mass is 10.4. The summed E-state index contributed by atoms with van der Waals surface area (Å²) in [5, 5.41) is 12.5. The number of carbonyl (C=O) groups excluding carboxylic acids is 3. The van der Waals surface area contributed by atoms with Gasteiger partial charge in [0.05, 0.1) is 13.2 Å². The Labute approximate surface area is 97.3 Å². The predicted molar refractivity (Wildman–Crippen MR) is 54.9 cm³/mol. The highest BCUT2D eigenvalue weighted by molar-refractivity contribution is 5.96. The Morgan fingerprint density at radius 2 is 1.65 bits per heavy atom. The van der Waals surface area contributed by atoms with Crippen molar-refractivity contribution in [2.75, 3.05) is 19.7 Å². The first-order chi connectivity index (χ1) is 7.95. The topological polar surface area (TPSA) is 122 Å². The molecule has 0 rings (SSSR count). The summed E-state index contributed by atoms with van der Waals surface area (Å²) in [6.45, 7) is 0.873. The van der Waals surface area contributed by atoms with Gasteiger partial charge in [-0.05, 0) is 6.92 Å². The van der Waals surface area contributed by atoms with E-state index in [1.807, 2.05) is 5.32 Å². The molecule has 2 amide bonds. The Bertz CT molecular complexity index is 315. The minimum Gasteiger partial charge on any atom is -0.480 e. The predicted octanol–water partition coefficient (Wildman–Crippen LogP) is -1.74. The van der Waals surface area contributed by atoms with Crippen LogP contribution >= 0.6 is 0 Å². The van der Waals surface area contributed by atoms with Crippen LogP contribution < -0.4 is 10.6 Å². The molecule has 0 aromatic heterocycles. The Hall–Kier alpha value is -2.12. The van der Waals surface area contributed by atoms with Crippen molar-refractivity contribution in [2.45, 2.75) is 13.3 Å². The average Bonchev–Trinajstić information content (AvgIpc) is 2.23. The molecule has 0 heterocycles. The number of amides is 2. The standard InChI is InChI=1S/C9H14N2O6/c1-2-17-9(16)3-6(12)10-4-7(13)11-5-8(14)15/h2-5H2,1H3,(H,10,12)(H,11,13)(H,14,15). The summed E-state index contributed by atoms with van der Waals surface area (Å²) in [4.78, 5) is 43.0. The van der Waals surface area contributed by atoms with Crippen molar-refractivity contribution >= 4 is 23.8 Å². The van der Waals surface area contributed by atoms with E-state index in [4.69, 9.17) is 5.11 Å². The third-order valence-electron chi connectivity index (χ3n) is 1.49. The molecule has 0 saturated heterocycles. The van der Waals surface area contributed by atoms with Gasteiger partial charge in [0.2, 0.25) is 11.8 Å². The van der Waals surface area contributed by atoms with Gasteiger partial charge in [-0.2, -0.15) is 0 Å². The number of hydrogen-bond acceptors (Lipinski definition) is 5. The summed E-state index contributed by atoms with van der Waals surface area (Å²) >= 11 is 0. The minimum atomic E-state index is -1.18. The molecule has 0 unspecified atom stereocenters. The molecule has 8 heteroatoms. The van der Waals surface area contributed by atoms with Crippen molar-refractivity contribution in [3.63, 3.8) is 0 Å². The van der Waals surface area contributed by atoms with Gasteiger partial charge in [-0.3, -0.25) is 19.2 Å². The fraction of sp³-hybridized carbons (Fsp3) is 0.556. The second kappa shape index (κ2) is 8.08. The highest BCUT2D eigenvalue weighted by Crippen LogP contribution is 1.85. The Kier molecular flexibility index (Phi) is 7.07. The van der Waals surface area contributed by atoms with E-state index < -0.39 is 36.7 Å². The highest BCUT2D eigenvalue weighted by Gasteiger charge is 2.11. The summed E-state index contributed by atoms with van der Waals surface area (Å²) in [6, 6.07) is 0. The number of aliphatic carboxylic acids is 1. The van der Waals surface area contributed by atoms with Crippen LogP contribution in [0.3, 0.4) is 0 Å². The van der Waals surface area contributed by atoms with Crippen LogP contribution in [0, 0.1) is 0 Å². The van der Waals surface area contributed by atoms with E-state index in [-0.39, 0.29) is 13.2 Å². The van der Waals surface area contributed by atoms with E-state index >= 15 is 0 Å². The van der Waals surface area contributed by atoms with Gasteiger partial charge in [-0.1, -0.05) is 0 Å². The summed E-state index contributed by atoms with van der Waals surface area (Å²) in [7, 11) is 0. The number of rotatable bonds is 7. The van der Waals surface area contributed by atoms with Gasteiger partial charge < -0.3 is 20.5 Å². The van der Waals surface area contributed by atoms with Crippen LogP contribution in [0.25, 0.3) is 0 Å². The van der Waals surface area contributed by atoms with Crippen LogP contribution in [-0.4, -0.2) is 48.6 Å². The molecule has 3 N–H and O–H groups in total. The van der Waals surface area contributed by atoms with Crippen LogP contribution in [0.2, 0.25) is 0 Å². The number of hydrogen-bond donors (Lipinski definition) is 3. The smallest absolute Gasteiger partial charge is 0.322 e. The van der Waals surface area contributed by atoms with Crippen LogP contribution in [0.15, 0.2) is 0 Å². The van der Waals surface area contributed by atoms with E-state index in [1.54, 1.807) is 6.92 Å². The third kappa shape index (κ3) is 8.85. The third-order valence-corrected chi connectivity index (χ3v) is 1.49. The summed E-state index contributed by atoms with van der Waals surface area (Å²) in [5.41, 5.74) is 0. The number of ether oxygens (including phenoxy) is 1. The minimum absolute atomic E-state index is 0.172. The lowest BCUT2D eigenvalue weighted by Crippen LogP contribution is -2.39. The molecule has 0 aromatic rings. The van der Waals surface area contributed by atoms with Crippen molar-refractivity contribution in [3.8, 4) is 0 Å². The van der Waals surface area contributed by atoms with Crippen molar-refractivity contribution in [1.82, 2.24) is 10.6 Å². The lowest BCUT2D eigenvalue weighted by molar-refractivity contribution is -0.146. The molecule has 0 saturated carbocycles. The maximum Gasteiger partial charge on any atom is 0.322 e. The van der Waals surface area contributed by atoms with Crippen molar-refractivity contribution in [1.29, 1.82) is 0 Å². The first-order valence-corrected chi connectivity index (χ1v) is 4.86. The van der Waals surface area contributed by atoms with E-state index in [9.17, 15) is 19.2 Å². The SMILES string of the molecule is CCOC(=O)CC(=O)NCC(=O)NCC(=O)O. The molecule has 0 atom stereocenters. The molecular weight excluding hydrogens is 232 g/mol. The summed E-state index contributed by atoms with van der Waals surface area (Å²) in [6.07, 6.45) is -0.472. The molecule has 17 heavy (non-hydrogen) atoms. The zero-order valence-electron chi connectivity index (χ0n) is 9.32. The summed E-state index contributed by atoms with van der Waals surface area (Å²) in [5.74, 6) is -3.18. The Balaban J connectivity index is 3.72. The van der Waals surface area contributed by atoms with Gasteiger partial charge >= 0.3 is 11.9 Å². The molecule has 0 aliphatic heterocycles. The largest absolute Gasteiger partial charge is 0.480 e. The number of carbonyl (C=O) groups is 4. The van der Waals surface area contributed by atoms with E-state index in [2.05, 4.69) is 10.1 Å². The van der Waals surface area contributed by atoms with Gasteiger partial charge in [0.1, 0.15) is 13.0 Å². The maximum absolute atomic E-state index is 11.1. The van der Waals surface area contributed by atoms with Crippen LogP contribution in [0.5, 0.6) is 0 Å². The fourth-order valence-electron chi connectivity index (χ4n) is 0.821. The molecule has 0 aromatic carbocycles. The van der Waals surface area contributed by atoms with Crippen molar-refractivity contribution in [3.05, 3.63) is 0 Å². The van der Waals surface area contributed by atoms with Crippen LogP contribution in [0.1, 0.15) is 13.3 Å². The molecule has 0 radical (unpaired) electrons. The fourth-order valence-corrected chi connectivity index (χ4v) is 0.821. The van der Waals surface area contributed by atoms with Gasteiger partial charge in [0.25, 0.3) is 0 Å². The Morgan fingerprint density at radius 3 is 2.18 bits per heavy atom. The highest BCUT2D eigenvalue weighted by atomic mass is 16.5. The molecule has 0 aliphatic rings. The number of esters is 1. The van der Waals surface area contributed by atoms with Gasteiger partial charge in [0.15, 0.2) is 0 Å². The zero-order valence-corrected chi connectivity index (χ0v) is 9.32. The lowest BCUT2D eigenvalue weighted by Gasteiger charge is -2.05. The summed E-state index contributed by atoms with van der Waals surface area (Å²) < 4.78 is 4.52. The molecular formula is C9H14N2O6. The zero-order chi connectivity index (χ0) is 13.3. The molecule has 8 nitrogen and oxygen atoms in total. The molecule has 0 fully saturated rings. The van der Waals surface area contributed by atoms with E-state index in [0.29, 0.717) is 0 Å². The van der Waals surface area contributed by atoms with Gasteiger partial charge in [-0.15, -0.1) is 0 Å². The average molecular weight is 246 g/mol.